The Morgan fingerprint density at radius 1 is 1.11 bits per heavy atom. The summed E-state index contributed by atoms with van der Waals surface area (Å²) in [6.45, 7) is 6.30. The van der Waals surface area contributed by atoms with Crippen molar-refractivity contribution in [2.75, 3.05) is 6.61 Å². The summed E-state index contributed by atoms with van der Waals surface area (Å²) in [5, 5.41) is 12.3. The topological polar surface area (TPSA) is 95.8 Å². The van der Waals surface area contributed by atoms with Crippen LogP contribution < -0.4 is 4.74 Å². The highest BCUT2D eigenvalue weighted by molar-refractivity contribution is 6.46. The second-order valence-electron chi connectivity index (χ2n) is 8.63. The number of nitrogens with one attached hydrogen (secondary N) is 1. The first kappa shape index (κ1) is 22.5. The molecule has 2 aromatic heterocycles. The van der Waals surface area contributed by atoms with Gasteiger partial charge in [-0.15, -0.1) is 0 Å². The molecule has 7 heteroatoms. The predicted molar refractivity (Wildman–Crippen MR) is 132 cm³/mol. The number of aryl methyl sites for hydroxylation is 2. The Labute approximate surface area is 202 Å². The van der Waals surface area contributed by atoms with E-state index in [1.54, 1.807) is 30.3 Å². The molecule has 1 aliphatic rings. The number of para-hydroxylation sites is 1. The maximum atomic E-state index is 13.4. The number of benzene rings is 2. The van der Waals surface area contributed by atoms with Crippen LogP contribution in [0.1, 0.15) is 41.1 Å². The number of aromatic nitrogens is 1. The van der Waals surface area contributed by atoms with Crippen molar-refractivity contribution in [3.63, 3.8) is 0 Å². The van der Waals surface area contributed by atoms with Gasteiger partial charge in [0, 0.05) is 27.7 Å². The van der Waals surface area contributed by atoms with E-state index in [4.69, 9.17) is 9.15 Å². The number of nitrogens with zero attached hydrogens (tertiary/aromatic N) is 1. The third kappa shape index (κ3) is 3.79. The molecule has 5 rings (SSSR count). The molecular formula is C28H26N2O5. The number of fused-ring (bicyclic) bond motifs is 1. The SMILES string of the molecule is CCOc1ccc(/C(O)=C2\C(=O)C(=O)N(Cc3ccco3)C2c2c(C)[nH]c3ccccc23)cc1C. The maximum Gasteiger partial charge on any atom is 0.296 e. The van der Waals surface area contributed by atoms with Crippen molar-refractivity contribution in [3.05, 3.63) is 94.6 Å². The van der Waals surface area contributed by atoms with E-state index >= 15 is 0 Å². The molecule has 7 nitrogen and oxygen atoms in total. The molecule has 0 aliphatic carbocycles. The summed E-state index contributed by atoms with van der Waals surface area (Å²) in [6.07, 6.45) is 1.53. The highest BCUT2D eigenvalue weighted by Crippen LogP contribution is 2.44. The summed E-state index contributed by atoms with van der Waals surface area (Å²) in [5.41, 5.74) is 3.80. The first-order valence-electron chi connectivity index (χ1n) is 11.5. The zero-order valence-electron chi connectivity index (χ0n) is 19.8. The van der Waals surface area contributed by atoms with Crippen molar-refractivity contribution in [1.82, 2.24) is 9.88 Å². The van der Waals surface area contributed by atoms with Gasteiger partial charge in [-0.3, -0.25) is 9.59 Å². The monoisotopic (exact) mass is 470 g/mol. The maximum absolute atomic E-state index is 13.4. The molecule has 0 saturated carbocycles. The number of ketones is 1. The first-order chi connectivity index (χ1) is 16.9. The van der Waals surface area contributed by atoms with Crippen molar-refractivity contribution in [3.8, 4) is 5.75 Å². The average Bonchev–Trinajstić information content (AvgIpc) is 3.53. The molecule has 35 heavy (non-hydrogen) atoms. The Kier molecular flexibility index (Phi) is 5.68. The molecule has 3 heterocycles. The standard InChI is InChI=1S/C28H26N2O5/c1-4-34-22-12-11-18(14-16(22)2)26(31)24-25(23-17(3)29-21-10-6-5-9-20(21)23)30(28(33)27(24)32)15-19-8-7-13-35-19/h5-14,25,29,31H,4,15H2,1-3H3/b26-24+. The summed E-state index contributed by atoms with van der Waals surface area (Å²) in [4.78, 5) is 31.5. The van der Waals surface area contributed by atoms with Gasteiger partial charge in [-0.1, -0.05) is 18.2 Å². The number of aliphatic hydroxyl groups excluding tert-OH is 1. The van der Waals surface area contributed by atoms with Gasteiger partial charge in [0.2, 0.25) is 0 Å². The fraction of sp³-hybridized carbons (Fsp3) is 0.214. The number of carbonyl (C=O) groups excluding carboxylic acids is 2. The fourth-order valence-electron chi connectivity index (χ4n) is 4.83. The molecule has 0 bridgehead atoms. The second kappa shape index (κ2) is 8.83. The van der Waals surface area contributed by atoms with Gasteiger partial charge in [-0.25, -0.2) is 0 Å². The summed E-state index contributed by atoms with van der Waals surface area (Å²) < 4.78 is 11.1. The lowest BCUT2D eigenvalue weighted by molar-refractivity contribution is -0.140. The minimum atomic E-state index is -0.789. The van der Waals surface area contributed by atoms with Gasteiger partial charge in [0.1, 0.15) is 17.3 Å². The number of H-pyrrole nitrogens is 1. The Morgan fingerprint density at radius 3 is 2.63 bits per heavy atom. The minimum Gasteiger partial charge on any atom is -0.507 e. The molecule has 1 unspecified atom stereocenters. The molecule has 2 N–H and O–H groups in total. The summed E-state index contributed by atoms with van der Waals surface area (Å²) in [6, 6.07) is 15.7. The third-order valence-electron chi connectivity index (χ3n) is 6.41. The lowest BCUT2D eigenvalue weighted by Gasteiger charge is -2.25. The van der Waals surface area contributed by atoms with Crippen molar-refractivity contribution in [1.29, 1.82) is 0 Å². The van der Waals surface area contributed by atoms with Crippen LogP contribution in [0.5, 0.6) is 5.75 Å². The highest BCUT2D eigenvalue weighted by atomic mass is 16.5. The number of Topliss-reactive ketones (excluding diaryl/α,β-unsaturated/α-hetero) is 1. The summed E-state index contributed by atoms with van der Waals surface area (Å²) in [7, 11) is 0. The predicted octanol–water partition coefficient (Wildman–Crippen LogP) is 5.40. The molecule has 0 radical (unpaired) electrons. The molecular weight excluding hydrogens is 444 g/mol. The van der Waals surface area contributed by atoms with Crippen LogP contribution in [0.25, 0.3) is 16.7 Å². The van der Waals surface area contributed by atoms with Crippen LogP contribution in [-0.2, 0) is 16.1 Å². The Hall–Kier alpha value is -4.26. The van der Waals surface area contributed by atoms with Crippen LogP contribution in [0.15, 0.2) is 70.9 Å². The van der Waals surface area contributed by atoms with E-state index in [9.17, 15) is 14.7 Å². The zero-order chi connectivity index (χ0) is 24.7. The fourth-order valence-corrected chi connectivity index (χ4v) is 4.83. The third-order valence-corrected chi connectivity index (χ3v) is 6.41. The number of likely N-dealkylation sites (tertiary alicyclic amines) is 1. The normalized spacial score (nSPS) is 17.5. The van der Waals surface area contributed by atoms with E-state index in [0.29, 0.717) is 23.7 Å². The molecule has 1 fully saturated rings. The van der Waals surface area contributed by atoms with E-state index in [0.717, 1.165) is 27.7 Å². The van der Waals surface area contributed by atoms with Crippen LogP contribution >= 0.6 is 0 Å². The number of hydrogen-bond acceptors (Lipinski definition) is 5. The van der Waals surface area contributed by atoms with E-state index in [1.807, 2.05) is 45.0 Å². The van der Waals surface area contributed by atoms with Gasteiger partial charge in [0.25, 0.3) is 11.7 Å². The molecule has 1 atom stereocenters. The van der Waals surface area contributed by atoms with Crippen LogP contribution in [0, 0.1) is 13.8 Å². The number of carbonyl (C=O) groups is 2. The first-order valence-corrected chi connectivity index (χ1v) is 11.5. The molecule has 0 spiro atoms. The molecule has 1 amide bonds. The largest absolute Gasteiger partial charge is 0.507 e. The lowest BCUT2D eigenvalue weighted by atomic mass is 9.93. The quantitative estimate of drug-likeness (QED) is 0.224. The second-order valence-corrected chi connectivity index (χ2v) is 8.63. The molecule has 2 aromatic carbocycles. The number of amides is 1. The number of aromatic amines is 1. The van der Waals surface area contributed by atoms with E-state index in [2.05, 4.69) is 4.98 Å². The van der Waals surface area contributed by atoms with Gasteiger partial charge in [0.15, 0.2) is 0 Å². The highest BCUT2D eigenvalue weighted by Gasteiger charge is 2.47. The van der Waals surface area contributed by atoms with Gasteiger partial charge in [0.05, 0.1) is 31.0 Å². The Bertz CT molecular complexity index is 1460. The van der Waals surface area contributed by atoms with Gasteiger partial charge >= 0.3 is 0 Å². The number of rotatable bonds is 6. The number of ether oxygens (including phenoxy) is 1. The van der Waals surface area contributed by atoms with Crippen molar-refractivity contribution < 1.29 is 23.8 Å². The van der Waals surface area contributed by atoms with Crippen LogP contribution in [0.3, 0.4) is 0 Å². The van der Waals surface area contributed by atoms with Crippen molar-refractivity contribution in [2.45, 2.75) is 33.4 Å². The number of furan rings is 1. The van der Waals surface area contributed by atoms with Gasteiger partial charge < -0.3 is 24.1 Å². The molecule has 4 aromatic rings. The molecule has 1 saturated heterocycles. The zero-order valence-corrected chi connectivity index (χ0v) is 19.8. The van der Waals surface area contributed by atoms with E-state index in [-0.39, 0.29) is 17.9 Å². The van der Waals surface area contributed by atoms with Gasteiger partial charge in [-0.05, 0) is 62.7 Å². The smallest absolute Gasteiger partial charge is 0.296 e. The van der Waals surface area contributed by atoms with Crippen LogP contribution in [0.4, 0.5) is 0 Å². The van der Waals surface area contributed by atoms with Crippen LogP contribution in [-0.4, -0.2) is 33.3 Å². The van der Waals surface area contributed by atoms with E-state index in [1.165, 1.54) is 11.2 Å². The Balaban J connectivity index is 1.72. The number of aliphatic hydroxyl groups is 1. The lowest BCUT2D eigenvalue weighted by Crippen LogP contribution is -2.29. The van der Waals surface area contributed by atoms with Crippen LogP contribution in [0.2, 0.25) is 0 Å². The molecule has 178 valence electrons. The summed E-state index contributed by atoms with van der Waals surface area (Å²) in [5.74, 6) is -0.376. The average molecular weight is 471 g/mol. The van der Waals surface area contributed by atoms with Gasteiger partial charge in [-0.2, -0.15) is 0 Å². The number of hydrogen-bond donors (Lipinski definition) is 2. The Morgan fingerprint density at radius 2 is 1.91 bits per heavy atom. The molecule has 1 aliphatic heterocycles. The van der Waals surface area contributed by atoms with Crippen molar-refractivity contribution in [2.24, 2.45) is 0 Å². The van der Waals surface area contributed by atoms with E-state index < -0.39 is 17.7 Å². The minimum absolute atomic E-state index is 0.0537. The van der Waals surface area contributed by atoms with Crippen molar-refractivity contribution >= 4 is 28.4 Å². The summed E-state index contributed by atoms with van der Waals surface area (Å²) >= 11 is 0.